The van der Waals surface area contributed by atoms with Crippen LogP contribution in [0.4, 0.5) is 0 Å². The summed E-state index contributed by atoms with van der Waals surface area (Å²) in [5, 5.41) is 3.46. The number of benzene rings is 1. The maximum Gasteiger partial charge on any atom is 0.179 e. The second-order valence-electron chi connectivity index (χ2n) is 5.32. The summed E-state index contributed by atoms with van der Waals surface area (Å²) in [5.74, 6) is 0.942. The van der Waals surface area contributed by atoms with Crippen LogP contribution < -0.4 is 10.1 Å². The summed E-state index contributed by atoms with van der Waals surface area (Å²) in [6.07, 6.45) is 6.28. The number of Topliss-reactive ketones (excluding diaryl/α,β-unsaturated/α-hetero) is 1. The molecule has 104 valence electrons. The number of nitrogens with one attached hydrogen (secondary N) is 1. The van der Waals surface area contributed by atoms with Crippen molar-refractivity contribution < 1.29 is 9.53 Å². The second-order valence-corrected chi connectivity index (χ2v) is 5.32. The SMILES string of the molecule is COc1ccc(C(=O)C(C)NC2CCCCC2)cc1. The highest BCUT2D eigenvalue weighted by Gasteiger charge is 2.20. The fourth-order valence-electron chi connectivity index (χ4n) is 2.70. The fourth-order valence-corrected chi connectivity index (χ4v) is 2.70. The van der Waals surface area contributed by atoms with Crippen LogP contribution in [0.15, 0.2) is 24.3 Å². The molecule has 0 bridgehead atoms. The molecule has 2 rings (SSSR count). The summed E-state index contributed by atoms with van der Waals surface area (Å²) in [6.45, 7) is 1.96. The molecule has 0 radical (unpaired) electrons. The van der Waals surface area contributed by atoms with E-state index in [-0.39, 0.29) is 11.8 Å². The summed E-state index contributed by atoms with van der Waals surface area (Å²) < 4.78 is 5.10. The largest absolute Gasteiger partial charge is 0.497 e. The van der Waals surface area contributed by atoms with Gasteiger partial charge < -0.3 is 10.1 Å². The number of ketones is 1. The molecule has 1 aliphatic carbocycles. The first-order valence-corrected chi connectivity index (χ1v) is 7.15. The molecule has 1 atom stereocenters. The molecule has 0 saturated heterocycles. The molecular formula is C16H23NO2. The number of carbonyl (C=O) groups excluding carboxylic acids is 1. The number of carbonyl (C=O) groups is 1. The smallest absolute Gasteiger partial charge is 0.179 e. The maximum atomic E-state index is 12.3. The molecule has 1 aliphatic rings. The zero-order valence-electron chi connectivity index (χ0n) is 11.8. The first-order valence-electron chi connectivity index (χ1n) is 7.15. The van der Waals surface area contributed by atoms with Crippen molar-refractivity contribution in [2.24, 2.45) is 0 Å². The summed E-state index contributed by atoms with van der Waals surface area (Å²) >= 11 is 0. The van der Waals surface area contributed by atoms with E-state index in [2.05, 4.69) is 5.32 Å². The molecule has 0 aromatic heterocycles. The summed E-state index contributed by atoms with van der Waals surface area (Å²) in [5.41, 5.74) is 0.747. The third kappa shape index (κ3) is 3.80. The van der Waals surface area contributed by atoms with Gasteiger partial charge in [0.2, 0.25) is 0 Å². The van der Waals surface area contributed by atoms with Crippen molar-refractivity contribution in [1.82, 2.24) is 5.32 Å². The van der Waals surface area contributed by atoms with Gasteiger partial charge in [-0.1, -0.05) is 19.3 Å². The van der Waals surface area contributed by atoms with Gasteiger partial charge in [0, 0.05) is 11.6 Å². The number of rotatable bonds is 5. The molecule has 1 saturated carbocycles. The van der Waals surface area contributed by atoms with E-state index in [0.29, 0.717) is 6.04 Å². The zero-order valence-corrected chi connectivity index (χ0v) is 11.8. The quantitative estimate of drug-likeness (QED) is 0.827. The zero-order chi connectivity index (χ0) is 13.7. The fraction of sp³-hybridized carbons (Fsp3) is 0.562. The Morgan fingerprint density at radius 2 is 1.84 bits per heavy atom. The van der Waals surface area contributed by atoms with Crippen LogP contribution >= 0.6 is 0 Å². The maximum absolute atomic E-state index is 12.3. The van der Waals surface area contributed by atoms with Crippen LogP contribution in [0.2, 0.25) is 0 Å². The molecule has 1 unspecified atom stereocenters. The second kappa shape index (κ2) is 6.71. The average Bonchev–Trinajstić information content (AvgIpc) is 2.47. The summed E-state index contributed by atoms with van der Waals surface area (Å²) in [7, 11) is 1.63. The standard InChI is InChI=1S/C16H23NO2/c1-12(17-14-6-4-3-5-7-14)16(18)13-8-10-15(19-2)11-9-13/h8-12,14,17H,3-7H2,1-2H3. The minimum atomic E-state index is -0.114. The third-order valence-corrected chi connectivity index (χ3v) is 3.86. The minimum absolute atomic E-state index is 0.114. The number of ether oxygens (including phenoxy) is 1. The molecule has 3 nitrogen and oxygen atoms in total. The van der Waals surface area contributed by atoms with Crippen molar-refractivity contribution in [3.8, 4) is 5.75 Å². The van der Waals surface area contributed by atoms with Crippen LogP contribution in [0.5, 0.6) is 5.75 Å². The van der Waals surface area contributed by atoms with E-state index in [1.807, 2.05) is 31.2 Å². The Hall–Kier alpha value is -1.35. The highest BCUT2D eigenvalue weighted by Crippen LogP contribution is 2.19. The Labute approximate surface area is 115 Å². The van der Waals surface area contributed by atoms with Crippen LogP contribution in [-0.4, -0.2) is 25.0 Å². The number of hydrogen-bond acceptors (Lipinski definition) is 3. The van der Waals surface area contributed by atoms with Gasteiger partial charge in [0.1, 0.15) is 5.75 Å². The normalized spacial score (nSPS) is 18.0. The van der Waals surface area contributed by atoms with Gasteiger partial charge in [-0.2, -0.15) is 0 Å². The van der Waals surface area contributed by atoms with Gasteiger partial charge in [0.25, 0.3) is 0 Å². The van der Waals surface area contributed by atoms with Gasteiger partial charge in [0.05, 0.1) is 13.2 Å². The van der Waals surface area contributed by atoms with Crippen LogP contribution in [-0.2, 0) is 0 Å². The lowest BCUT2D eigenvalue weighted by atomic mass is 9.94. The number of methoxy groups -OCH3 is 1. The molecule has 1 fully saturated rings. The monoisotopic (exact) mass is 261 g/mol. The Morgan fingerprint density at radius 1 is 1.21 bits per heavy atom. The van der Waals surface area contributed by atoms with E-state index >= 15 is 0 Å². The predicted molar refractivity (Wildman–Crippen MR) is 76.8 cm³/mol. The molecule has 0 spiro atoms. The molecule has 0 aliphatic heterocycles. The van der Waals surface area contributed by atoms with E-state index in [0.717, 1.165) is 11.3 Å². The van der Waals surface area contributed by atoms with Gasteiger partial charge in [-0.3, -0.25) is 4.79 Å². The number of hydrogen-bond donors (Lipinski definition) is 1. The van der Waals surface area contributed by atoms with Crippen LogP contribution in [0.25, 0.3) is 0 Å². The molecule has 1 aromatic carbocycles. The van der Waals surface area contributed by atoms with E-state index < -0.39 is 0 Å². The molecular weight excluding hydrogens is 238 g/mol. The summed E-state index contributed by atoms with van der Waals surface area (Å²) in [6, 6.07) is 7.73. The van der Waals surface area contributed by atoms with Crippen LogP contribution in [0.1, 0.15) is 49.4 Å². The van der Waals surface area contributed by atoms with Crippen molar-refractivity contribution in [1.29, 1.82) is 0 Å². The lowest BCUT2D eigenvalue weighted by Gasteiger charge is -2.26. The Bertz CT molecular complexity index is 407. The van der Waals surface area contributed by atoms with Gasteiger partial charge in [-0.25, -0.2) is 0 Å². The van der Waals surface area contributed by atoms with E-state index in [4.69, 9.17) is 4.74 Å². The average molecular weight is 261 g/mol. The molecule has 1 N–H and O–H groups in total. The minimum Gasteiger partial charge on any atom is -0.497 e. The van der Waals surface area contributed by atoms with Gasteiger partial charge in [-0.15, -0.1) is 0 Å². The Morgan fingerprint density at radius 3 is 2.42 bits per heavy atom. The molecule has 1 aromatic rings. The van der Waals surface area contributed by atoms with Gasteiger partial charge >= 0.3 is 0 Å². The highest BCUT2D eigenvalue weighted by molar-refractivity contribution is 5.99. The van der Waals surface area contributed by atoms with Crippen molar-refractivity contribution in [2.45, 2.75) is 51.1 Å². The van der Waals surface area contributed by atoms with Crippen molar-refractivity contribution in [3.05, 3.63) is 29.8 Å². The highest BCUT2D eigenvalue weighted by atomic mass is 16.5. The predicted octanol–water partition coefficient (Wildman–Crippen LogP) is 3.19. The van der Waals surface area contributed by atoms with Crippen LogP contribution in [0, 0.1) is 0 Å². The topological polar surface area (TPSA) is 38.3 Å². The third-order valence-electron chi connectivity index (χ3n) is 3.86. The van der Waals surface area contributed by atoms with Crippen molar-refractivity contribution in [3.63, 3.8) is 0 Å². The molecule has 3 heteroatoms. The first-order chi connectivity index (χ1) is 9.20. The van der Waals surface area contributed by atoms with Gasteiger partial charge in [0.15, 0.2) is 5.78 Å². The molecule has 0 heterocycles. The van der Waals surface area contributed by atoms with E-state index in [9.17, 15) is 4.79 Å². The van der Waals surface area contributed by atoms with Crippen molar-refractivity contribution >= 4 is 5.78 Å². The Kier molecular flexibility index (Phi) is 4.97. The van der Waals surface area contributed by atoms with Crippen LogP contribution in [0.3, 0.4) is 0 Å². The lowest BCUT2D eigenvalue weighted by molar-refractivity contribution is 0.0940. The Balaban J connectivity index is 1.93. The van der Waals surface area contributed by atoms with Gasteiger partial charge in [-0.05, 0) is 44.0 Å². The lowest BCUT2D eigenvalue weighted by Crippen LogP contribution is -2.42. The van der Waals surface area contributed by atoms with Crippen molar-refractivity contribution in [2.75, 3.05) is 7.11 Å². The molecule has 19 heavy (non-hydrogen) atoms. The first kappa shape index (κ1) is 14.1. The summed E-state index contributed by atoms with van der Waals surface area (Å²) in [4.78, 5) is 12.3. The molecule has 0 amide bonds. The van der Waals surface area contributed by atoms with E-state index in [1.165, 1.54) is 32.1 Å². The van der Waals surface area contributed by atoms with E-state index in [1.54, 1.807) is 7.11 Å².